The van der Waals surface area contributed by atoms with E-state index >= 15 is 0 Å². The van der Waals surface area contributed by atoms with Crippen LogP contribution >= 0.6 is 27.5 Å². The van der Waals surface area contributed by atoms with Crippen molar-refractivity contribution < 1.29 is 19.4 Å². The topological polar surface area (TPSA) is 66.8 Å². The number of ether oxygens (including phenoxy) is 1. The summed E-state index contributed by atoms with van der Waals surface area (Å²) in [5.74, 6) is -1.21. The Labute approximate surface area is 136 Å². The molecule has 0 aliphatic carbocycles. The summed E-state index contributed by atoms with van der Waals surface area (Å²) in [6, 6.07) is 4.64. The van der Waals surface area contributed by atoms with Gasteiger partial charge in [-0.05, 0) is 24.6 Å². The van der Waals surface area contributed by atoms with E-state index < -0.39 is 5.97 Å². The zero-order valence-corrected chi connectivity index (χ0v) is 13.7. The van der Waals surface area contributed by atoms with Crippen LogP contribution in [0.15, 0.2) is 22.7 Å². The van der Waals surface area contributed by atoms with E-state index in [1.165, 1.54) is 4.90 Å². The van der Waals surface area contributed by atoms with Crippen molar-refractivity contribution in [2.24, 2.45) is 0 Å². The van der Waals surface area contributed by atoms with E-state index in [1.807, 2.05) is 0 Å². The van der Waals surface area contributed by atoms with E-state index in [9.17, 15) is 9.59 Å². The number of hydrogen-bond donors (Lipinski definition) is 1. The van der Waals surface area contributed by atoms with Crippen molar-refractivity contribution in [3.05, 3.63) is 33.3 Å². The number of rotatable bonds is 4. The third kappa shape index (κ3) is 3.75. The van der Waals surface area contributed by atoms with Crippen molar-refractivity contribution in [2.75, 3.05) is 13.7 Å². The molecule has 7 heteroatoms. The minimum Gasteiger partial charge on any atom is -0.481 e. The van der Waals surface area contributed by atoms with Gasteiger partial charge in [0, 0.05) is 24.2 Å². The predicted molar refractivity (Wildman–Crippen MR) is 81.6 cm³/mol. The number of carbonyl (C=O) groups is 2. The molecule has 1 saturated heterocycles. The zero-order valence-electron chi connectivity index (χ0n) is 11.4. The number of carboxylic acid groups (broad SMARTS) is 1. The molecule has 1 aromatic rings. The zero-order chi connectivity index (χ0) is 15.6. The normalized spacial score (nSPS) is 21.6. The molecule has 1 amide bonds. The quantitative estimate of drug-likeness (QED) is 0.877. The molecule has 5 nitrogen and oxygen atoms in total. The molecule has 1 aromatic carbocycles. The van der Waals surface area contributed by atoms with Crippen LogP contribution < -0.4 is 0 Å². The maximum atomic E-state index is 12.6. The number of benzene rings is 1. The average molecular weight is 377 g/mol. The second kappa shape index (κ2) is 6.77. The average Bonchev–Trinajstić information content (AvgIpc) is 2.83. The number of likely N-dealkylation sites (tertiary alicyclic amines) is 1. The molecule has 2 rings (SSSR count). The minimum atomic E-state index is -0.935. The first-order valence-corrected chi connectivity index (χ1v) is 7.60. The van der Waals surface area contributed by atoms with Crippen molar-refractivity contribution in [1.82, 2.24) is 4.90 Å². The van der Waals surface area contributed by atoms with Crippen LogP contribution in [0.3, 0.4) is 0 Å². The fraction of sp³-hybridized carbons (Fsp3) is 0.429. The number of carboxylic acids is 1. The third-order valence-electron chi connectivity index (χ3n) is 3.54. The summed E-state index contributed by atoms with van der Waals surface area (Å²) >= 11 is 9.38. The Hall–Kier alpha value is -1.11. The number of methoxy groups -OCH3 is 1. The number of nitrogens with zero attached hydrogens (tertiary/aromatic N) is 1. The van der Waals surface area contributed by atoms with Crippen molar-refractivity contribution in [3.8, 4) is 0 Å². The Bertz CT molecular complexity index is 566. The van der Waals surface area contributed by atoms with Gasteiger partial charge >= 0.3 is 5.97 Å². The lowest BCUT2D eigenvalue weighted by atomic mass is 10.1. The first kappa shape index (κ1) is 16.3. The summed E-state index contributed by atoms with van der Waals surface area (Å²) in [4.78, 5) is 25.1. The van der Waals surface area contributed by atoms with Gasteiger partial charge in [-0.25, -0.2) is 0 Å². The Morgan fingerprint density at radius 1 is 1.52 bits per heavy atom. The van der Waals surface area contributed by atoms with Crippen LogP contribution in [0.5, 0.6) is 0 Å². The van der Waals surface area contributed by atoms with Gasteiger partial charge in [-0.3, -0.25) is 9.59 Å². The summed E-state index contributed by atoms with van der Waals surface area (Å²) in [6.45, 7) is 0.371. The molecular weight excluding hydrogens is 362 g/mol. The molecule has 1 fully saturated rings. The van der Waals surface area contributed by atoms with Crippen LogP contribution in [-0.4, -0.2) is 47.7 Å². The second-order valence-electron chi connectivity index (χ2n) is 4.93. The minimum absolute atomic E-state index is 0.1000. The molecule has 2 atom stereocenters. The number of halogens is 2. The highest BCUT2D eigenvalue weighted by Crippen LogP contribution is 2.28. The Kier molecular flexibility index (Phi) is 5.24. The summed E-state index contributed by atoms with van der Waals surface area (Å²) in [5, 5.41) is 9.33. The molecule has 1 aliphatic heterocycles. The molecule has 0 aromatic heterocycles. The summed E-state index contributed by atoms with van der Waals surface area (Å²) in [6.07, 6.45) is 0.265. The van der Waals surface area contributed by atoms with Crippen LogP contribution in [0, 0.1) is 0 Å². The van der Waals surface area contributed by atoms with Gasteiger partial charge in [0.25, 0.3) is 5.91 Å². The Morgan fingerprint density at radius 2 is 2.24 bits per heavy atom. The van der Waals surface area contributed by atoms with Gasteiger partial charge in [-0.2, -0.15) is 0 Å². The SMILES string of the molecule is COC1CC(CC(=O)O)N(C(=O)c2cc(Br)ccc2Cl)C1. The van der Waals surface area contributed by atoms with Crippen LogP contribution in [-0.2, 0) is 9.53 Å². The molecule has 1 heterocycles. The molecule has 0 saturated carbocycles. The largest absolute Gasteiger partial charge is 0.481 e. The van der Waals surface area contributed by atoms with Gasteiger partial charge in [-0.15, -0.1) is 0 Å². The molecule has 0 bridgehead atoms. The summed E-state index contributed by atoms with van der Waals surface area (Å²) in [7, 11) is 1.56. The van der Waals surface area contributed by atoms with Gasteiger partial charge in [-0.1, -0.05) is 27.5 Å². The number of aliphatic carboxylic acids is 1. The highest BCUT2D eigenvalue weighted by molar-refractivity contribution is 9.10. The van der Waals surface area contributed by atoms with Gasteiger partial charge in [0.2, 0.25) is 0 Å². The Balaban J connectivity index is 2.26. The van der Waals surface area contributed by atoms with Crippen LogP contribution in [0.1, 0.15) is 23.2 Å². The van der Waals surface area contributed by atoms with Crippen molar-refractivity contribution in [1.29, 1.82) is 0 Å². The number of hydrogen-bond acceptors (Lipinski definition) is 3. The summed E-state index contributed by atoms with van der Waals surface area (Å²) < 4.78 is 6.01. The van der Waals surface area contributed by atoms with E-state index in [1.54, 1.807) is 25.3 Å². The van der Waals surface area contributed by atoms with Crippen LogP contribution in [0.2, 0.25) is 5.02 Å². The fourth-order valence-electron chi connectivity index (χ4n) is 2.50. The Morgan fingerprint density at radius 3 is 2.86 bits per heavy atom. The van der Waals surface area contributed by atoms with E-state index in [2.05, 4.69) is 15.9 Å². The van der Waals surface area contributed by atoms with E-state index in [0.29, 0.717) is 23.6 Å². The van der Waals surface area contributed by atoms with Crippen molar-refractivity contribution in [3.63, 3.8) is 0 Å². The van der Waals surface area contributed by atoms with E-state index in [-0.39, 0.29) is 24.5 Å². The predicted octanol–water partition coefficient (Wildman–Crippen LogP) is 2.81. The summed E-state index contributed by atoms with van der Waals surface area (Å²) in [5.41, 5.74) is 0.359. The van der Waals surface area contributed by atoms with Crippen LogP contribution in [0.4, 0.5) is 0 Å². The number of carbonyl (C=O) groups excluding carboxylic acids is 1. The lowest BCUT2D eigenvalue weighted by molar-refractivity contribution is -0.137. The lowest BCUT2D eigenvalue weighted by Gasteiger charge is -2.23. The number of amides is 1. The molecule has 1 aliphatic rings. The van der Waals surface area contributed by atoms with Crippen LogP contribution in [0.25, 0.3) is 0 Å². The maximum absolute atomic E-state index is 12.6. The van der Waals surface area contributed by atoms with E-state index in [0.717, 1.165) is 4.47 Å². The molecule has 1 N–H and O–H groups in total. The van der Waals surface area contributed by atoms with Gasteiger partial charge in [0.1, 0.15) is 0 Å². The highest BCUT2D eigenvalue weighted by atomic mass is 79.9. The standard InChI is InChI=1S/C14H15BrClNO4/c1-21-10-5-9(6-13(18)19)17(7-10)14(20)11-4-8(15)2-3-12(11)16/h2-4,9-10H,5-7H2,1H3,(H,18,19). The van der Waals surface area contributed by atoms with Gasteiger partial charge < -0.3 is 14.7 Å². The first-order chi connectivity index (χ1) is 9.92. The smallest absolute Gasteiger partial charge is 0.305 e. The van der Waals surface area contributed by atoms with Crippen molar-refractivity contribution in [2.45, 2.75) is 25.0 Å². The molecule has 0 spiro atoms. The molecule has 0 radical (unpaired) electrons. The highest BCUT2D eigenvalue weighted by Gasteiger charge is 2.37. The molecular formula is C14H15BrClNO4. The maximum Gasteiger partial charge on any atom is 0.305 e. The molecule has 2 unspecified atom stereocenters. The van der Waals surface area contributed by atoms with E-state index in [4.69, 9.17) is 21.4 Å². The lowest BCUT2D eigenvalue weighted by Crippen LogP contribution is -2.37. The van der Waals surface area contributed by atoms with Gasteiger partial charge in [0.05, 0.1) is 23.1 Å². The fourth-order valence-corrected chi connectivity index (χ4v) is 3.06. The molecule has 21 heavy (non-hydrogen) atoms. The van der Waals surface area contributed by atoms with Gasteiger partial charge in [0.15, 0.2) is 0 Å². The van der Waals surface area contributed by atoms with Crippen molar-refractivity contribution >= 4 is 39.4 Å². The first-order valence-electron chi connectivity index (χ1n) is 6.43. The molecule has 114 valence electrons. The third-order valence-corrected chi connectivity index (χ3v) is 4.36. The second-order valence-corrected chi connectivity index (χ2v) is 6.25. The monoisotopic (exact) mass is 375 g/mol.